The fraction of sp³-hybridized carbons (Fsp3) is 0.250. The molecule has 0 saturated carbocycles. The highest BCUT2D eigenvalue weighted by Crippen LogP contribution is 2.38. The maximum absolute atomic E-state index is 13.7. The minimum absolute atomic E-state index is 0.0176. The van der Waals surface area contributed by atoms with Crippen molar-refractivity contribution in [2.45, 2.75) is 19.6 Å². The second-order valence-corrected chi connectivity index (χ2v) is 8.96. The van der Waals surface area contributed by atoms with Crippen LogP contribution < -0.4 is 14.7 Å². The van der Waals surface area contributed by atoms with E-state index in [1.165, 1.54) is 4.90 Å². The van der Waals surface area contributed by atoms with Crippen LogP contribution in [0.5, 0.6) is 5.75 Å². The minimum Gasteiger partial charge on any atom is -0.872 e. The van der Waals surface area contributed by atoms with E-state index in [4.69, 9.17) is 4.74 Å². The number of ether oxygens (including phenoxy) is 1. The average Bonchev–Trinajstić information content (AvgIpc) is 3.12. The summed E-state index contributed by atoms with van der Waals surface area (Å²) in [4.78, 5) is 32.8. The minimum atomic E-state index is -0.741. The number of carbonyl (C=O) groups excluding carboxylic acids is 2. The van der Waals surface area contributed by atoms with Crippen LogP contribution in [0.25, 0.3) is 5.76 Å². The smallest absolute Gasteiger partial charge is 0.295 e. The van der Waals surface area contributed by atoms with Gasteiger partial charge in [0.1, 0.15) is 12.4 Å². The molecule has 1 aliphatic rings. The van der Waals surface area contributed by atoms with Crippen LogP contribution in [0.3, 0.4) is 0 Å². The van der Waals surface area contributed by atoms with Gasteiger partial charge in [0, 0.05) is 18.0 Å². The Morgan fingerprint density at radius 3 is 2.43 bits per heavy atom. The summed E-state index contributed by atoms with van der Waals surface area (Å²) in [7, 11) is 3.95. The molecule has 0 spiro atoms. The van der Waals surface area contributed by atoms with Crippen molar-refractivity contribution in [1.82, 2.24) is 9.88 Å². The maximum atomic E-state index is 13.7. The Balaban J connectivity index is 1.68. The number of hydrogen-bond donors (Lipinski definition) is 1. The number of ketones is 1. The van der Waals surface area contributed by atoms with Gasteiger partial charge in [-0.15, -0.1) is 0 Å². The molecule has 2 heterocycles. The quantitative estimate of drug-likeness (QED) is 0.304. The molecule has 1 aliphatic heterocycles. The number of carbonyl (C=O) groups is 2. The summed E-state index contributed by atoms with van der Waals surface area (Å²) in [6, 6.07) is 17.7. The molecule has 1 N–H and O–H groups in total. The predicted molar refractivity (Wildman–Crippen MR) is 130 cm³/mol. The van der Waals surface area contributed by atoms with E-state index in [0.717, 1.165) is 10.5 Å². The topological polar surface area (TPSA) is 87.0 Å². The van der Waals surface area contributed by atoms with Crippen LogP contribution in [0.2, 0.25) is 0 Å². The van der Waals surface area contributed by atoms with Gasteiger partial charge in [-0.05, 0) is 53.4 Å². The fourth-order valence-corrected chi connectivity index (χ4v) is 4.20. The molecule has 0 aliphatic carbocycles. The summed E-state index contributed by atoms with van der Waals surface area (Å²) in [6.45, 7) is 3.22. The average molecular weight is 472 g/mol. The zero-order valence-electron chi connectivity index (χ0n) is 20.2. The van der Waals surface area contributed by atoms with Crippen LogP contribution in [0, 0.1) is 6.92 Å². The fourth-order valence-electron chi connectivity index (χ4n) is 4.20. The molecule has 0 bridgehead atoms. The van der Waals surface area contributed by atoms with Crippen LogP contribution in [0.4, 0.5) is 0 Å². The van der Waals surface area contributed by atoms with Crippen molar-refractivity contribution in [2.75, 3.05) is 27.2 Å². The molecule has 7 heteroatoms. The van der Waals surface area contributed by atoms with Gasteiger partial charge in [0.2, 0.25) is 5.78 Å². The van der Waals surface area contributed by atoms with Crippen LogP contribution >= 0.6 is 0 Å². The number of Topliss-reactive ketones (excluding diaryl/α,β-unsaturated/α-hetero) is 1. The predicted octanol–water partition coefficient (Wildman–Crippen LogP) is 1.34. The number of rotatable bonds is 8. The van der Waals surface area contributed by atoms with E-state index in [0.29, 0.717) is 42.1 Å². The number of amides is 1. The Morgan fingerprint density at radius 1 is 1.06 bits per heavy atom. The normalized spacial score (nSPS) is 17.3. The molecule has 2 aromatic carbocycles. The van der Waals surface area contributed by atoms with Gasteiger partial charge in [-0.25, -0.2) is 0 Å². The largest absolute Gasteiger partial charge is 0.872 e. The lowest BCUT2D eigenvalue weighted by Gasteiger charge is -2.28. The van der Waals surface area contributed by atoms with E-state index in [2.05, 4.69) is 4.98 Å². The Hall–Kier alpha value is -3.97. The van der Waals surface area contributed by atoms with Gasteiger partial charge in [0.05, 0.1) is 33.2 Å². The zero-order valence-corrected chi connectivity index (χ0v) is 20.2. The Bertz CT molecular complexity index is 1240. The van der Waals surface area contributed by atoms with Crippen LogP contribution in [-0.4, -0.2) is 48.8 Å². The molecule has 1 saturated heterocycles. The van der Waals surface area contributed by atoms with Crippen molar-refractivity contribution in [3.05, 3.63) is 101 Å². The monoisotopic (exact) mass is 471 g/mol. The second-order valence-electron chi connectivity index (χ2n) is 8.96. The SMILES string of the molecule is Cc1cc(OCc2ccccc2)ccc1/C([O-])=C1\C(=O)C(=O)N(CC[NH+](C)C)C1c1ccncc1. The first kappa shape index (κ1) is 24.2. The van der Waals surface area contributed by atoms with Crippen molar-refractivity contribution in [1.29, 1.82) is 0 Å². The molecule has 1 aromatic heterocycles. The molecule has 1 amide bonds. The summed E-state index contributed by atoms with van der Waals surface area (Å²) < 4.78 is 5.88. The summed E-state index contributed by atoms with van der Waals surface area (Å²) >= 11 is 0. The highest BCUT2D eigenvalue weighted by molar-refractivity contribution is 6.46. The third-order valence-electron chi connectivity index (χ3n) is 6.09. The Labute approximate surface area is 205 Å². The molecule has 1 atom stereocenters. The number of likely N-dealkylation sites (N-methyl/N-ethyl adjacent to an activating group) is 1. The van der Waals surface area contributed by atoms with Crippen LogP contribution in [0.1, 0.15) is 28.3 Å². The van der Waals surface area contributed by atoms with Gasteiger partial charge in [0.25, 0.3) is 5.91 Å². The highest BCUT2D eigenvalue weighted by atomic mass is 16.5. The Kier molecular flexibility index (Phi) is 7.27. The molecule has 7 nitrogen and oxygen atoms in total. The van der Waals surface area contributed by atoms with Crippen molar-refractivity contribution in [3.63, 3.8) is 0 Å². The summed E-state index contributed by atoms with van der Waals surface area (Å²) in [6.07, 6.45) is 3.20. The van der Waals surface area contributed by atoms with E-state index in [1.807, 2.05) is 44.4 Å². The van der Waals surface area contributed by atoms with E-state index in [-0.39, 0.29) is 5.57 Å². The number of quaternary nitrogens is 1. The van der Waals surface area contributed by atoms with Gasteiger partial charge < -0.3 is 19.6 Å². The Morgan fingerprint density at radius 2 is 1.77 bits per heavy atom. The standard InChI is InChI=1S/C28H29N3O4/c1-19-17-22(35-18-20-7-5-4-6-8-20)9-10-23(19)26(32)24-25(21-11-13-29-14-12-21)31(16-15-30(2)3)28(34)27(24)33/h4-14,17,25,32H,15-16,18H2,1-3H3/b26-24+. The first-order valence-electron chi connectivity index (χ1n) is 11.6. The first-order chi connectivity index (χ1) is 16.9. The van der Waals surface area contributed by atoms with Gasteiger partial charge >= 0.3 is 0 Å². The second kappa shape index (κ2) is 10.5. The third-order valence-corrected chi connectivity index (χ3v) is 6.09. The van der Waals surface area contributed by atoms with Crippen LogP contribution in [-0.2, 0) is 16.2 Å². The number of likely N-dealkylation sites (tertiary alicyclic amines) is 1. The van der Waals surface area contributed by atoms with E-state index >= 15 is 0 Å². The number of aryl methyl sites for hydroxylation is 1. The molecular formula is C28H29N3O4. The molecular weight excluding hydrogens is 442 g/mol. The molecule has 0 radical (unpaired) electrons. The van der Waals surface area contributed by atoms with E-state index in [1.54, 1.807) is 49.6 Å². The van der Waals surface area contributed by atoms with Gasteiger partial charge in [0.15, 0.2) is 0 Å². The number of benzene rings is 2. The van der Waals surface area contributed by atoms with E-state index in [9.17, 15) is 14.7 Å². The molecule has 3 aromatic rings. The van der Waals surface area contributed by atoms with Gasteiger partial charge in [-0.2, -0.15) is 0 Å². The summed E-state index contributed by atoms with van der Waals surface area (Å²) in [5.41, 5.74) is 2.77. The molecule has 1 unspecified atom stereocenters. The van der Waals surface area contributed by atoms with Crippen molar-refractivity contribution in [3.8, 4) is 5.75 Å². The first-order valence-corrected chi connectivity index (χ1v) is 11.6. The maximum Gasteiger partial charge on any atom is 0.295 e. The molecule has 4 rings (SSSR count). The lowest BCUT2D eigenvalue weighted by Crippen LogP contribution is -3.06. The van der Waals surface area contributed by atoms with Crippen molar-refractivity contribution in [2.24, 2.45) is 0 Å². The third kappa shape index (κ3) is 5.25. The molecule has 180 valence electrons. The molecule has 1 fully saturated rings. The van der Waals surface area contributed by atoms with Crippen LogP contribution in [0.15, 0.2) is 78.6 Å². The zero-order chi connectivity index (χ0) is 24.9. The number of nitrogens with one attached hydrogen (secondary N) is 1. The lowest BCUT2D eigenvalue weighted by atomic mass is 9.94. The lowest BCUT2D eigenvalue weighted by molar-refractivity contribution is -0.857. The summed E-state index contributed by atoms with van der Waals surface area (Å²) in [5.74, 6) is -1.19. The number of aromatic nitrogens is 1. The summed E-state index contributed by atoms with van der Waals surface area (Å²) in [5, 5.41) is 13.7. The van der Waals surface area contributed by atoms with Gasteiger partial charge in [-0.1, -0.05) is 42.2 Å². The highest BCUT2D eigenvalue weighted by Gasteiger charge is 2.44. The number of hydrogen-bond acceptors (Lipinski definition) is 5. The van der Waals surface area contributed by atoms with E-state index < -0.39 is 23.5 Å². The number of pyridine rings is 1. The number of nitrogens with zero attached hydrogens (tertiary/aromatic N) is 2. The van der Waals surface area contributed by atoms with Crippen molar-refractivity contribution >= 4 is 17.4 Å². The van der Waals surface area contributed by atoms with Gasteiger partial charge in [-0.3, -0.25) is 14.6 Å². The van der Waals surface area contributed by atoms with Crippen molar-refractivity contribution < 1.29 is 24.3 Å². The molecule has 35 heavy (non-hydrogen) atoms.